The topological polar surface area (TPSA) is 59.3 Å². The minimum Gasteiger partial charge on any atom is -0.306 e. The molecule has 0 saturated carbocycles. The van der Waals surface area contributed by atoms with Crippen molar-refractivity contribution in [2.45, 2.75) is 26.2 Å². The van der Waals surface area contributed by atoms with E-state index >= 15 is 0 Å². The van der Waals surface area contributed by atoms with Gasteiger partial charge in [-0.1, -0.05) is 51.6 Å². The Bertz CT molecular complexity index is 901. The van der Waals surface area contributed by atoms with Crippen LogP contribution in [-0.4, -0.2) is 20.3 Å². The molecule has 0 aliphatic carbocycles. The number of benzene rings is 1. The van der Waals surface area contributed by atoms with E-state index in [0.717, 1.165) is 16.9 Å². The van der Waals surface area contributed by atoms with Gasteiger partial charge in [-0.2, -0.15) is 0 Å². The third kappa shape index (κ3) is 3.06. The number of hydrogen-bond donors (Lipinski definition) is 1. The molecule has 122 valence electrons. The van der Waals surface area contributed by atoms with Gasteiger partial charge in [-0.25, -0.2) is 9.97 Å². The monoisotopic (exact) mass is 320 g/mol. The van der Waals surface area contributed by atoms with E-state index < -0.39 is 0 Å². The molecular weight excluding hydrogens is 300 g/mol. The molecule has 0 fully saturated rings. The summed E-state index contributed by atoms with van der Waals surface area (Å²) in [4.78, 5) is 20.5. The summed E-state index contributed by atoms with van der Waals surface area (Å²) in [6, 6.07) is 8.28. The van der Waals surface area contributed by atoms with Crippen molar-refractivity contribution in [3.63, 3.8) is 0 Å². The molecule has 0 atom stereocenters. The molecule has 3 aromatic rings. The van der Waals surface area contributed by atoms with Crippen LogP contribution < -0.4 is 5.32 Å². The number of anilines is 1. The third-order valence-corrected chi connectivity index (χ3v) is 3.84. The van der Waals surface area contributed by atoms with E-state index in [9.17, 15) is 4.79 Å². The van der Waals surface area contributed by atoms with E-state index in [1.807, 2.05) is 22.7 Å². The maximum atomic E-state index is 11.6. The second-order valence-corrected chi connectivity index (χ2v) is 6.65. The number of rotatable bonds is 3. The van der Waals surface area contributed by atoms with Crippen LogP contribution in [0.15, 0.2) is 55.5 Å². The summed E-state index contributed by atoms with van der Waals surface area (Å²) in [6.45, 7) is 10.0. The smallest absolute Gasteiger partial charge is 0.248 e. The molecule has 0 saturated heterocycles. The summed E-state index contributed by atoms with van der Waals surface area (Å²) < 4.78 is 1.85. The van der Waals surface area contributed by atoms with E-state index in [0.29, 0.717) is 5.82 Å². The van der Waals surface area contributed by atoms with Crippen LogP contribution >= 0.6 is 0 Å². The lowest BCUT2D eigenvalue weighted by Crippen LogP contribution is -2.11. The van der Waals surface area contributed by atoms with E-state index in [4.69, 9.17) is 0 Å². The first kappa shape index (κ1) is 15.9. The van der Waals surface area contributed by atoms with Crippen molar-refractivity contribution in [2.24, 2.45) is 0 Å². The molecule has 0 radical (unpaired) electrons. The summed E-state index contributed by atoms with van der Waals surface area (Å²) in [6.07, 6.45) is 6.49. The predicted octanol–water partition coefficient (Wildman–Crippen LogP) is 3.82. The average Bonchev–Trinajstić information content (AvgIpc) is 3.01. The van der Waals surface area contributed by atoms with E-state index in [1.165, 1.54) is 11.6 Å². The minimum atomic E-state index is -0.295. The van der Waals surface area contributed by atoms with Crippen molar-refractivity contribution in [3.8, 4) is 11.3 Å². The Balaban J connectivity index is 2.09. The van der Waals surface area contributed by atoms with Crippen LogP contribution in [0.2, 0.25) is 0 Å². The van der Waals surface area contributed by atoms with E-state index in [2.05, 4.69) is 54.8 Å². The molecule has 1 amide bonds. The lowest BCUT2D eigenvalue weighted by atomic mass is 9.86. The molecule has 1 aromatic carbocycles. The normalized spacial score (nSPS) is 11.5. The van der Waals surface area contributed by atoms with Gasteiger partial charge in [0, 0.05) is 18.0 Å². The van der Waals surface area contributed by atoms with Gasteiger partial charge in [-0.15, -0.1) is 0 Å². The third-order valence-electron chi connectivity index (χ3n) is 3.84. The molecule has 2 aromatic heterocycles. The fraction of sp³-hybridized carbons (Fsp3) is 0.211. The first-order valence-electron chi connectivity index (χ1n) is 7.76. The van der Waals surface area contributed by atoms with Gasteiger partial charge in [0.1, 0.15) is 5.69 Å². The fourth-order valence-electron chi connectivity index (χ4n) is 2.49. The zero-order chi connectivity index (χ0) is 17.3. The summed E-state index contributed by atoms with van der Waals surface area (Å²) in [7, 11) is 0. The fourth-order valence-corrected chi connectivity index (χ4v) is 2.49. The highest BCUT2D eigenvalue weighted by atomic mass is 16.1. The Morgan fingerprint density at radius 2 is 1.96 bits per heavy atom. The number of fused-ring (bicyclic) bond motifs is 1. The number of carbonyl (C=O) groups excluding carboxylic acids is 1. The minimum absolute atomic E-state index is 0.0916. The van der Waals surface area contributed by atoms with Crippen molar-refractivity contribution in [2.75, 3.05) is 5.32 Å². The molecule has 2 heterocycles. The highest BCUT2D eigenvalue weighted by Gasteiger charge is 2.15. The largest absolute Gasteiger partial charge is 0.306 e. The van der Waals surface area contributed by atoms with Crippen LogP contribution in [-0.2, 0) is 10.2 Å². The van der Waals surface area contributed by atoms with E-state index in [-0.39, 0.29) is 11.3 Å². The Morgan fingerprint density at radius 1 is 1.25 bits per heavy atom. The van der Waals surface area contributed by atoms with Gasteiger partial charge in [-0.3, -0.25) is 4.79 Å². The summed E-state index contributed by atoms with van der Waals surface area (Å²) in [5, 5.41) is 2.70. The second-order valence-electron chi connectivity index (χ2n) is 6.65. The van der Waals surface area contributed by atoms with Gasteiger partial charge in [0.2, 0.25) is 5.91 Å². The zero-order valence-corrected chi connectivity index (χ0v) is 14.1. The van der Waals surface area contributed by atoms with Crippen LogP contribution in [0.4, 0.5) is 5.82 Å². The molecule has 0 aliphatic heterocycles. The summed E-state index contributed by atoms with van der Waals surface area (Å²) in [5.74, 6) is 0.163. The maximum absolute atomic E-state index is 11.6. The van der Waals surface area contributed by atoms with Gasteiger partial charge in [0.15, 0.2) is 11.5 Å². The number of amides is 1. The highest BCUT2D eigenvalue weighted by Crippen LogP contribution is 2.27. The van der Waals surface area contributed by atoms with Gasteiger partial charge < -0.3 is 9.72 Å². The molecule has 5 nitrogen and oxygen atoms in total. The van der Waals surface area contributed by atoms with Crippen molar-refractivity contribution < 1.29 is 4.79 Å². The van der Waals surface area contributed by atoms with Crippen molar-refractivity contribution in [1.82, 2.24) is 14.4 Å². The van der Waals surface area contributed by atoms with Crippen molar-refractivity contribution >= 4 is 17.4 Å². The SMILES string of the molecule is C=CC(=O)Nc1cn2ccnc2c(-c2ccc(C(C)(C)C)cc2)n1. The Hall–Kier alpha value is -2.95. The van der Waals surface area contributed by atoms with Gasteiger partial charge in [0.25, 0.3) is 0 Å². The maximum Gasteiger partial charge on any atom is 0.248 e. The van der Waals surface area contributed by atoms with Gasteiger partial charge in [-0.05, 0) is 17.1 Å². The lowest BCUT2D eigenvalue weighted by Gasteiger charge is -2.19. The molecule has 24 heavy (non-hydrogen) atoms. The Morgan fingerprint density at radius 3 is 2.58 bits per heavy atom. The Labute approximate surface area is 141 Å². The van der Waals surface area contributed by atoms with Crippen LogP contribution in [0.3, 0.4) is 0 Å². The van der Waals surface area contributed by atoms with Gasteiger partial charge in [0.05, 0.1) is 6.20 Å². The standard InChI is InChI=1S/C19H20N4O/c1-5-16(24)21-15-12-23-11-10-20-18(23)17(22-15)13-6-8-14(9-7-13)19(2,3)4/h5-12H,1H2,2-4H3,(H,21,24). The summed E-state index contributed by atoms with van der Waals surface area (Å²) >= 11 is 0. The zero-order valence-electron chi connectivity index (χ0n) is 14.1. The van der Waals surface area contributed by atoms with Crippen LogP contribution in [0.1, 0.15) is 26.3 Å². The number of imidazole rings is 1. The van der Waals surface area contributed by atoms with Crippen LogP contribution in [0.5, 0.6) is 0 Å². The highest BCUT2D eigenvalue weighted by molar-refractivity contribution is 5.98. The molecule has 0 bridgehead atoms. The lowest BCUT2D eigenvalue weighted by molar-refractivity contribution is -0.111. The molecule has 1 N–H and O–H groups in total. The molecular formula is C19H20N4O. The number of aromatic nitrogens is 3. The van der Waals surface area contributed by atoms with Crippen LogP contribution in [0, 0.1) is 0 Å². The number of carbonyl (C=O) groups is 1. The molecule has 0 aliphatic rings. The molecule has 0 spiro atoms. The average molecular weight is 320 g/mol. The summed E-state index contributed by atoms with van der Waals surface area (Å²) in [5.41, 5.74) is 3.77. The number of hydrogen-bond acceptors (Lipinski definition) is 3. The van der Waals surface area contributed by atoms with Crippen molar-refractivity contribution in [1.29, 1.82) is 0 Å². The molecule has 5 heteroatoms. The number of nitrogens with zero attached hydrogens (tertiary/aromatic N) is 3. The quantitative estimate of drug-likeness (QED) is 0.746. The molecule has 3 rings (SSSR count). The number of nitrogens with one attached hydrogen (secondary N) is 1. The first-order chi connectivity index (χ1) is 11.4. The van der Waals surface area contributed by atoms with E-state index in [1.54, 1.807) is 12.4 Å². The first-order valence-corrected chi connectivity index (χ1v) is 7.76. The Kier molecular flexibility index (Phi) is 3.93. The predicted molar refractivity (Wildman–Crippen MR) is 95.9 cm³/mol. The van der Waals surface area contributed by atoms with Crippen LogP contribution in [0.25, 0.3) is 16.9 Å². The second kappa shape index (κ2) is 5.92. The molecule has 0 unspecified atom stereocenters. The van der Waals surface area contributed by atoms with Gasteiger partial charge >= 0.3 is 0 Å². The van der Waals surface area contributed by atoms with Crippen molar-refractivity contribution in [3.05, 3.63) is 61.1 Å².